The predicted octanol–water partition coefficient (Wildman–Crippen LogP) is 3.30. The van der Waals surface area contributed by atoms with Gasteiger partial charge in [-0.25, -0.2) is 0 Å². The molecule has 7 heteroatoms. The highest BCUT2D eigenvalue weighted by molar-refractivity contribution is 6.32. The number of anilines is 1. The molecule has 0 radical (unpaired) electrons. The summed E-state index contributed by atoms with van der Waals surface area (Å²) >= 11 is 0. The molecule has 1 aliphatic heterocycles. The number of nitro benzene ring substituents is 1. The Labute approximate surface area is 131 Å². The van der Waals surface area contributed by atoms with Gasteiger partial charge in [0.25, 0.3) is 11.6 Å². The van der Waals surface area contributed by atoms with Gasteiger partial charge in [0.15, 0.2) is 0 Å². The standard InChI is InChI=1S/C16H13N3O4/c1-10-3-8-14(23-10)9-15-11(2)17-18(16(15)20)12-4-6-13(7-5-12)19(21)22/h3-9H,1-2H3/b15-9-. The van der Waals surface area contributed by atoms with Crippen LogP contribution in [0.3, 0.4) is 0 Å². The van der Waals surface area contributed by atoms with Crippen LogP contribution in [0.2, 0.25) is 0 Å². The highest BCUT2D eigenvalue weighted by atomic mass is 16.6. The molecule has 116 valence electrons. The molecule has 0 saturated heterocycles. The van der Waals surface area contributed by atoms with Crippen LogP contribution >= 0.6 is 0 Å². The van der Waals surface area contributed by atoms with E-state index in [9.17, 15) is 14.9 Å². The zero-order valence-corrected chi connectivity index (χ0v) is 12.5. The van der Waals surface area contributed by atoms with Crippen LogP contribution in [0.25, 0.3) is 6.08 Å². The summed E-state index contributed by atoms with van der Waals surface area (Å²) in [6.45, 7) is 3.55. The summed E-state index contributed by atoms with van der Waals surface area (Å²) in [5, 5.41) is 16.1. The Morgan fingerprint density at radius 3 is 2.43 bits per heavy atom. The van der Waals surface area contributed by atoms with Crippen molar-refractivity contribution in [3.8, 4) is 0 Å². The van der Waals surface area contributed by atoms with E-state index in [0.29, 0.717) is 22.7 Å². The largest absolute Gasteiger partial charge is 0.462 e. The highest BCUT2D eigenvalue weighted by Gasteiger charge is 2.29. The summed E-state index contributed by atoms with van der Waals surface area (Å²) in [6.07, 6.45) is 1.64. The molecule has 0 aliphatic carbocycles. The minimum Gasteiger partial charge on any atom is -0.462 e. The molecule has 0 fully saturated rings. The molecule has 1 aliphatic rings. The van der Waals surface area contributed by atoms with Crippen molar-refractivity contribution in [2.24, 2.45) is 5.10 Å². The average Bonchev–Trinajstić information content (AvgIpc) is 3.05. The minimum absolute atomic E-state index is 0.0390. The zero-order valence-electron chi connectivity index (χ0n) is 12.5. The van der Waals surface area contributed by atoms with E-state index >= 15 is 0 Å². The monoisotopic (exact) mass is 311 g/mol. The Balaban J connectivity index is 1.90. The van der Waals surface area contributed by atoms with Gasteiger partial charge in [-0.2, -0.15) is 10.1 Å². The second-order valence-corrected chi connectivity index (χ2v) is 5.08. The van der Waals surface area contributed by atoms with Crippen LogP contribution in [0.4, 0.5) is 11.4 Å². The first-order chi connectivity index (χ1) is 11.0. The van der Waals surface area contributed by atoms with E-state index in [1.165, 1.54) is 29.3 Å². The van der Waals surface area contributed by atoms with Gasteiger partial charge < -0.3 is 4.42 Å². The lowest BCUT2D eigenvalue weighted by molar-refractivity contribution is -0.384. The fourth-order valence-corrected chi connectivity index (χ4v) is 2.25. The number of amides is 1. The summed E-state index contributed by atoms with van der Waals surface area (Å²) in [5.41, 5.74) is 1.42. The quantitative estimate of drug-likeness (QED) is 0.494. The van der Waals surface area contributed by atoms with Crippen LogP contribution < -0.4 is 5.01 Å². The summed E-state index contributed by atoms with van der Waals surface area (Å²) in [6, 6.07) is 9.25. The van der Waals surface area contributed by atoms with Crippen molar-refractivity contribution in [1.82, 2.24) is 0 Å². The predicted molar refractivity (Wildman–Crippen MR) is 85.1 cm³/mol. The van der Waals surface area contributed by atoms with Gasteiger partial charge in [0.05, 0.1) is 21.9 Å². The molecule has 1 aromatic carbocycles. The molecule has 0 unspecified atom stereocenters. The first-order valence-corrected chi connectivity index (χ1v) is 6.88. The summed E-state index contributed by atoms with van der Waals surface area (Å²) < 4.78 is 5.45. The Morgan fingerprint density at radius 1 is 1.17 bits per heavy atom. The van der Waals surface area contributed by atoms with E-state index in [4.69, 9.17) is 4.42 Å². The van der Waals surface area contributed by atoms with Gasteiger partial charge >= 0.3 is 0 Å². The highest BCUT2D eigenvalue weighted by Crippen LogP contribution is 2.26. The average molecular weight is 311 g/mol. The fraction of sp³-hybridized carbons (Fsp3) is 0.125. The Kier molecular flexibility index (Phi) is 3.53. The number of non-ortho nitro benzene ring substituents is 1. The molecule has 3 rings (SSSR count). The Hall–Kier alpha value is -3.22. The third-order valence-electron chi connectivity index (χ3n) is 3.42. The summed E-state index contributed by atoms with van der Waals surface area (Å²) in [7, 11) is 0. The van der Waals surface area contributed by atoms with Crippen molar-refractivity contribution in [2.75, 3.05) is 5.01 Å². The lowest BCUT2D eigenvalue weighted by atomic mass is 10.1. The maximum atomic E-state index is 12.5. The van der Waals surface area contributed by atoms with Gasteiger partial charge in [0.1, 0.15) is 11.5 Å². The fourth-order valence-electron chi connectivity index (χ4n) is 2.25. The number of carbonyl (C=O) groups is 1. The second-order valence-electron chi connectivity index (χ2n) is 5.08. The van der Waals surface area contributed by atoms with Gasteiger partial charge in [-0.1, -0.05) is 0 Å². The van der Waals surface area contributed by atoms with Crippen molar-refractivity contribution in [3.05, 3.63) is 63.6 Å². The number of hydrogen-bond acceptors (Lipinski definition) is 5. The molecule has 2 aromatic rings. The van der Waals surface area contributed by atoms with E-state index in [-0.39, 0.29) is 11.6 Å². The molecule has 7 nitrogen and oxygen atoms in total. The number of hydrazone groups is 1. The molecule has 23 heavy (non-hydrogen) atoms. The van der Waals surface area contributed by atoms with Gasteiger partial charge in [0, 0.05) is 12.1 Å². The lowest BCUT2D eigenvalue weighted by Gasteiger charge is -2.11. The maximum Gasteiger partial charge on any atom is 0.280 e. The molecule has 0 N–H and O–H groups in total. The Morgan fingerprint density at radius 2 is 1.87 bits per heavy atom. The topological polar surface area (TPSA) is 89.0 Å². The molecular formula is C16H13N3O4. The molecule has 1 amide bonds. The van der Waals surface area contributed by atoms with E-state index in [0.717, 1.165) is 5.76 Å². The van der Waals surface area contributed by atoms with Crippen molar-refractivity contribution < 1.29 is 14.1 Å². The van der Waals surface area contributed by atoms with Gasteiger partial charge in [0.2, 0.25) is 0 Å². The van der Waals surface area contributed by atoms with Gasteiger partial charge in [-0.05, 0) is 44.2 Å². The van der Waals surface area contributed by atoms with Gasteiger partial charge in [-0.3, -0.25) is 14.9 Å². The van der Waals surface area contributed by atoms with Crippen molar-refractivity contribution in [2.45, 2.75) is 13.8 Å². The maximum absolute atomic E-state index is 12.5. The van der Waals surface area contributed by atoms with Crippen LogP contribution in [0.1, 0.15) is 18.4 Å². The molecule has 1 aromatic heterocycles. The number of benzene rings is 1. The molecule has 2 heterocycles. The molecular weight excluding hydrogens is 298 g/mol. The van der Waals surface area contributed by atoms with Crippen molar-refractivity contribution in [3.63, 3.8) is 0 Å². The number of aryl methyl sites for hydroxylation is 1. The van der Waals surface area contributed by atoms with Crippen LogP contribution in [0, 0.1) is 17.0 Å². The van der Waals surface area contributed by atoms with Gasteiger partial charge in [-0.15, -0.1) is 0 Å². The molecule has 0 spiro atoms. The second kappa shape index (κ2) is 5.53. The van der Waals surface area contributed by atoms with Crippen LogP contribution in [-0.4, -0.2) is 16.5 Å². The first kappa shape index (κ1) is 14.7. The van der Waals surface area contributed by atoms with Crippen LogP contribution in [0.15, 0.2) is 51.5 Å². The lowest BCUT2D eigenvalue weighted by Crippen LogP contribution is -2.21. The van der Waals surface area contributed by atoms with E-state index < -0.39 is 4.92 Å². The number of nitro groups is 1. The number of rotatable bonds is 3. The number of hydrogen-bond donors (Lipinski definition) is 0. The number of nitrogens with zero attached hydrogens (tertiary/aromatic N) is 3. The molecule has 0 atom stereocenters. The van der Waals surface area contributed by atoms with Crippen LogP contribution in [-0.2, 0) is 4.79 Å². The van der Waals surface area contributed by atoms with E-state index in [2.05, 4.69) is 5.10 Å². The van der Waals surface area contributed by atoms with Crippen molar-refractivity contribution in [1.29, 1.82) is 0 Å². The normalized spacial score (nSPS) is 16.1. The van der Waals surface area contributed by atoms with Crippen molar-refractivity contribution >= 4 is 29.1 Å². The molecule has 0 saturated carbocycles. The summed E-state index contributed by atoms with van der Waals surface area (Å²) in [4.78, 5) is 22.7. The third kappa shape index (κ3) is 2.76. The smallest absolute Gasteiger partial charge is 0.280 e. The van der Waals surface area contributed by atoms with E-state index in [1.807, 2.05) is 13.0 Å². The zero-order chi connectivity index (χ0) is 16.6. The molecule has 0 bridgehead atoms. The first-order valence-electron chi connectivity index (χ1n) is 6.88. The van der Waals surface area contributed by atoms with E-state index in [1.54, 1.807) is 19.1 Å². The SMILES string of the molecule is CC1=NN(c2ccc([N+](=O)[O-])cc2)C(=O)/C1=C\c1ccc(C)o1. The minimum atomic E-state index is -0.491. The third-order valence-corrected chi connectivity index (χ3v) is 3.42. The Bertz CT molecular complexity index is 846. The number of carbonyl (C=O) groups excluding carboxylic acids is 1. The number of furan rings is 1. The van der Waals surface area contributed by atoms with Crippen LogP contribution in [0.5, 0.6) is 0 Å². The summed E-state index contributed by atoms with van der Waals surface area (Å²) in [5.74, 6) is 1.03.